The van der Waals surface area contributed by atoms with Crippen molar-refractivity contribution in [1.29, 1.82) is 0 Å². The third-order valence-electron chi connectivity index (χ3n) is 10.2. The summed E-state index contributed by atoms with van der Waals surface area (Å²) in [6, 6.07) is 56.3. The first kappa shape index (κ1) is 31.0. The van der Waals surface area contributed by atoms with E-state index < -0.39 is 0 Å². The number of benzene rings is 5. The number of hydrogen-bond acceptors (Lipinski definition) is 2. The van der Waals surface area contributed by atoms with Crippen LogP contribution in [0.5, 0.6) is 0 Å². The standard InChI is InChI=1S/C46H37ClN2/c47-44-16-6-5-15-43(44)38-30-36(41-13-3-1-11-39(41)32-19-23-34(24-20-32)45-17-7-9-27-48-45)29-37(31-38)42-14-4-2-12-40(42)33-21-25-35(26-22-33)46-18-8-10-28-49-46/h1-28,36-38H,29-31H2. The lowest BCUT2D eigenvalue weighted by molar-refractivity contribution is 0.352. The molecule has 238 valence electrons. The van der Waals surface area contributed by atoms with Crippen molar-refractivity contribution in [3.63, 3.8) is 0 Å². The van der Waals surface area contributed by atoms with E-state index in [9.17, 15) is 0 Å². The molecule has 2 nitrogen and oxygen atoms in total. The summed E-state index contributed by atoms with van der Waals surface area (Å²) in [7, 11) is 0. The number of pyridine rings is 2. The summed E-state index contributed by atoms with van der Waals surface area (Å²) in [5.41, 5.74) is 13.4. The Balaban J connectivity index is 1.16. The van der Waals surface area contributed by atoms with Crippen LogP contribution >= 0.6 is 11.6 Å². The molecule has 1 saturated carbocycles. The molecular formula is C46H37ClN2. The molecule has 0 amide bonds. The monoisotopic (exact) mass is 652 g/mol. The normalized spacial score (nSPS) is 17.4. The number of hydrogen-bond donors (Lipinski definition) is 0. The van der Waals surface area contributed by atoms with Crippen molar-refractivity contribution in [3.05, 3.63) is 192 Å². The van der Waals surface area contributed by atoms with Crippen LogP contribution in [0, 0.1) is 0 Å². The summed E-state index contributed by atoms with van der Waals surface area (Å²) in [6.07, 6.45) is 6.90. The van der Waals surface area contributed by atoms with Crippen molar-refractivity contribution in [2.45, 2.75) is 37.0 Å². The molecular weight excluding hydrogens is 616 g/mol. The van der Waals surface area contributed by atoms with Gasteiger partial charge in [0.1, 0.15) is 0 Å². The van der Waals surface area contributed by atoms with E-state index in [-0.39, 0.29) is 0 Å². The fourth-order valence-electron chi connectivity index (χ4n) is 7.83. The van der Waals surface area contributed by atoms with Gasteiger partial charge in [0, 0.05) is 28.5 Å². The van der Waals surface area contributed by atoms with E-state index in [1.54, 1.807) is 0 Å². The Morgan fingerprint density at radius 1 is 0.367 bits per heavy atom. The van der Waals surface area contributed by atoms with Gasteiger partial charge in [-0.15, -0.1) is 0 Å². The third-order valence-corrected chi connectivity index (χ3v) is 10.5. The molecule has 0 N–H and O–H groups in total. The van der Waals surface area contributed by atoms with Crippen molar-refractivity contribution < 1.29 is 0 Å². The maximum absolute atomic E-state index is 6.92. The van der Waals surface area contributed by atoms with Gasteiger partial charge in [-0.1, -0.05) is 139 Å². The highest BCUT2D eigenvalue weighted by molar-refractivity contribution is 6.31. The molecule has 0 radical (unpaired) electrons. The van der Waals surface area contributed by atoms with E-state index >= 15 is 0 Å². The zero-order valence-corrected chi connectivity index (χ0v) is 28.0. The zero-order chi connectivity index (χ0) is 33.0. The van der Waals surface area contributed by atoms with Crippen molar-refractivity contribution in [2.75, 3.05) is 0 Å². The predicted molar refractivity (Wildman–Crippen MR) is 204 cm³/mol. The van der Waals surface area contributed by atoms with Gasteiger partial charge in [-0.05, 0) is 106 Å². The van der Waals surface area contributed by atoms with Crippen molar-refractivity contribution in [1.82, 2.24) is 9.97 Å². The summed E-state index contributed by atoms with van der Waals surface area (Å²) < 4.78 is 0. The van der Waals surface area contributed by atoms with Crippen molar-refractivity contribution in [2.24, 2.45) is 0 Å². The summed E-state index contributed by atoms with van der Waals surface area (Å²) in [5, 5.41) is 0.865. The Morgan fingerprint density at radius 3 is 1.16 bits per heavy atom. The molecule has 1 aliphatic carbocycles. The van der Waals surface area contributed by atoms with Crippen molar-refractivity contribution in [3.8, 4) is 44.8 Å². The van der Waals surface area contributed by atoms with Crippen LogP contribution in [0.1, 0.15) is 53.7 Å². The fraction of sp³-hybridized carbons (Fsp3) is 0.130. The molecule has 5 aromatic carbocycles. The van der Waals surface area contributed by atoms with Gasteiger partial charge in [-0.25, -0.2) is 0 Å². The maximum atomic E-state index is 6.92. The van der Waals surface area contributed by atoms with Crippen LogP contribution < -0.4 is 0 Å². The molecule has 1 fully saturated rings. The SMILES string of the molecule is Clc1ccccc1C1CC(c2ccccc2-c2ccc(-c3ccccn3)cc2)CC(c2ccccc2-c2ccc(-c3ccccn3)cc2)C1. The summed E-state index contributed by atoms with van der Waals surface area (Å²) >= 11 is 6.92. The minimum Gasteiger partial charge on any atom is -0.256 e. The van der Waals surface area contributed by atoms with E-state index in [1.165, 1.54) is 38.9 Å². The van der Waals surface area contributed by atoms with E-state index in [2.05, 4.69) is 131 Å². The first-order valence-corrected chi connectivity index (χ1v) is 17.5. The Morgan fingerprint density at radius 2 is 0.735 bits per heavy atom. The van der Waals surface area contributed by atoms with Gasteiger partial charge < -0.3 is 0 Å². The molecule has 0 aliphatic heterocycles. The van der Waals surface area contributed by atoms with Crippen LogP contribution in [0.3, 0.4) is 0 Å². The molecule has 49 heavy (non-hydrogen) atoms. The van der Waals surface area contributed by atoms with Crippen LogP contribution in [0.25, 0.3) is 44.8 Å². The van der Waals surface area contributed by atoms with E-state index in [1.807, 2.05) is 48.8 Å². The predicted octanol–water partition coefficient (Wildman–Crippen LogP) is 12.6. The molecule has 1 aliphatic rings. The van der Waals surface area contributed by atoms with Gasteiger partial charge in [0.05, 0.1) is 11.4 Å². The average Bonchev–Trinajstić information content (AvgIpc) is 3.19. The zero-order valence-electron chi connectivity index (χ0n) is 27.3. The van der Waals surface area contributed by atoms with Gasteiger partial charge in [-0.3, -0.25) is 9.97 Å². The van der Waals surface area contributed by atoms with Gasteiger partial charge in [-0.2, -0.15) is 0 Å². The summed E-state index contributed by atoms with van der Waals surface area (Å²) in [4.78, 5) is 9.11. The second kappa shape index (κ2) is 14.0. The first-order chi connectivity index (χ1) is 24.2. The second-order valence-electron chi connectivity index (χ2n) is 13.1. The summed E-state index contributed by atoms with van der Waals surface area (Å²) in [6.45, 7) is 0. The van der Waals surface area contributed by atoms with Gasteiger partial charge in [0.2, 0.25) is 0 Å². The minimum absolute atomic E-state index is 0.344. The number of halogens is 1. The van der Waals surface area contributed by atoms with E-state index in [0.717, 1.165) is 46.8 Å². The highest BCUT2D eigenvalue weighted by atomic mass is 35.5. The topological polar surface area (TPSA) is 25.8 Å². The number of rotatable bonds is 7. The highest BCUT2D eigenvalue weighted by Gasteiger charge is 2.34. The van der Waals surface area contributed by atoms with Gasteiger partial charge in [0.15, 0.2) is 0 Å². The fourth-order valence-corrected chi connectivity index (χ4v) is 8.12. The van der Waals surface area contributed by atoms with Crippen LogP contribution in [-0.2, 0) is 0 Å². The molecule has 8 rings (SSSR count). The largest absolute Gasteiger partial charge is 0.256 e. The Hall–Kier alpha value is -5.31. The first-order valence-electron chi connectivity index (χ1n) is 17.2. The Labute approximate surface area is 294 Å². The minimum atomic E-state index is 0.344. The highest BCUT2D eigenvalue weighted by Crippen LogP contribution is 2.52. The molecule has 0 saturated heterocycles. The molecule has 2 unspecified atom stereocenters. The van der Waals surface area contributed by atoms with E-state index in [0.29, 0.717) is 17.8 Å². The summed E-state index contributed by atoms with van der Waals surface area (Å²) in [5.74, 6) is 1.08. The van der Waals surface area contributed by atoms with Gasteiger partial charge >= 0.3 is 0 Å². The quantitative estimate of drug-likeness (QED) is 0.171. The lowest BCUT2D eigenvalue weighted by Crippen LogP contribution is -2.21. The molecule has 2 atom stereocenters. The number of aromatic nitrogens is 2. The molecule has 2 aromatic heterocycles. The maximum Gasteiger partial charge on any atom is 0.0701 e. The molecule has 3 heteroatoms. The van der Waals surface area contributed by atoms with Crippen LogP contribution in [-0.4, -0.2) is 9.97 Å². The molecule has 0 spiro atoms. The Kier molecular flexibility index (Phi) is 8.88. The van der Waals surface area contributed by atoms with Crippen LogP contribution in [0.2, 0.25) is 5.02 Å². The lowest BCUT2D eigenvalue weighted by Gasteiger charge is -2.37. The smallest absolute Gasteiger partial charge is 0.0701 e. The number of nitrogens with zero attached hydrogens (tertiary/aromatic N) is 2. The average molecular weight is 653 g/mol. The second-order valence-corrected chi connectivity index (χ2v) is 13.5. The third kappa shape index (κ3) is 6.57. The molecule has 2 heterocycles. The lowest BCUT2D eigenvalue weighted by atomic mass is 9.67. The van der Waals surface area contributed by atoms with Gasteiger partial charge in [0.25, 0.3) is 0 Å². The van der Waals surface area contributed by atoms with E-state index in [4.69, 9.17) is 11.6 Å². The molecule has 0 bridgehead atoms. The molecule has 7 aromatic rings. The van der Waals surface area contributed by atoms with Crippen LogP contribution in [0.15, 0.2) is 170 Å². The van der Waals surface area contributed by atoms with Crippen molar-refractivity contribution >= 4 is 11.6 Å². The van der Waals surface area contributed by atoms with Crippen LogP contribution in [0.4, 0.5) is 0 Å². The Bertz CT molecular complexity index is 2020.